The second-order valence-corrected chi connectivity index (χ2v) is 4.51. The quantitative estimate of drug-likeness (QED) is 0.824. The summed E-state index contributed by atoms with van der Waals surface area (Å²) in [6.07, 6.45) is 1.02. The van der Waals surface area contributed by atoms with E-state index in [0.717, 1.165) is 22.6 Å². The van der Waals surface area contributed by atoms with E-state index >= 15 is 0 Å². The molecule has 0 unspecified atom stereocenters. The molecule has 0 aliphatic rings. The van der Waals surface area contributed by atoms with E-state index in [-0.39, 0.29) is 5.91 Å². The van der Waals surface area contributed by atoms with E-state index in [1.165, 1.54) is 0 Å². The average Bonchev–Trinajstić information content (AvgIpc) is 2.75. The maximum absolute atomic E-state index is 10.8. The van der Waals surface area contributed by atoms with Gasteiger partial charge in [-0.15, -0.1) is 11.6 Å². The van der Waals surface area contributed by atoms with Crippen molar-refractivity contribution >= 4 is 28.5 Å². The number of hydrogen-bond acceptors (Lipinski definition) is 3. The topological polar surface area (TPSA) is 70.1 Å². The van der Waals surface area contributed by atoms with Gasteiger partial charge >= 0.3 is 0 Å². The number of alkyl halides is 1. The number of nitrogens with zero attached hydrogens (tertiary/aromatic N) is 2. The lowest BCUT2D eigenvalue weighted by Crippen LogP contribution is -2.12. The van der Waals surface area contributed by atoms with Gasteiger partial charge in [-0.2, -0.15) is 0 Å². The van der Waals surface area contributed by atoms with Crippen LogP contribution in [0.25, 0.3) is 11.0 Å². The number of halogens is 1. The molecule has 19 heavy (non-hydrogen) atoms. The Morgan fingerprint density at radius 3 is 2.95 bits per heavy atom. The molecule has 2 N–H and O–H groups in total. The largest absolute Gasteiger partial charge is 0.497 e. The Bertz CT molecular complexity index is 595. The van der Waals surface area contributed by atoms with Crippen LogP contribution in [0.5, 0.6) is 5.75 Å². The van der Waals surface area contributed by atoms with E-state index in [1.807, 2.05) is 22.8 Å². The summed E-state index contributed by atoms with van der Waals surface area (Å²) in [4.78, 5) is 15.3. The van der Waals surface area contributed by atoms with Crippen molar-refractivity contribution in [2.75, 3.05) is 7.11 Å². The van der Waals surface area contributed by atoms with Gasteiger partial charge in [0.15, 0.2) is 0 Å². The van der Waals surface area contributed by atoms with Crippen LogP contribution in [0.15, 0.2) is 18.2 Å². The van der Waals surface area contributed by atoms with Gasteiger partial charge in [0.2, 0.25) is 5.91 Å². The summed E-state index contributed by atoms with van der Waals surface area (Å²) in [7, 11) is 1.62. The van der Waals surface area contributed by atoms with Gasteiger partial charge in [0, 0.05) is 19.0 Å². The molecule has 0 saturated carbocycles. The van der Waals surface area contributed by atoms with Crippen molar-refractivity contribution in [3.63, 3.8) is 0 Å². The van der Waals surface area contributed by atoms with Gasteiger partial charge in [0.05, 0.1) is 24.0 Å². The number of carbonyl (C=O) groups is 1. The smallest absolute Gasteiger partial charge is 0.217 e. The van der Waals surface area contributed by atoms with Crippen molar-refractivity contribution in [1.82, 2.24) is 9.55 Å². The normalized spacial score (nSPS) is 10.8. The standard InChI is InChI=1S/C13H16ClN3O2/c1-19-9-4-5-10-11(7-9)17(13(8-14)16-10)6-2-3-12(15)18/h4-5,7H,2-3,6,8H2,1H3,(H2,15,18). The highest BCUT2D eigenvalue weighted by Gasteiger charge is 2.11. The Balaban J connectivity index is 2.34. The lowest BCUT2D eigenvalue weighted by molar-refractivity contribution is -0.118. The molecule has 1 amide bonds. The molecule has 0 atom stereocenters. The number of ether oxygens (including phenoxy) is 1. The summed E-state index contributed by atoms with van der Waals surface area (Å²) in [5.74, 6) is 1.58. The number of rotatable bonds is 6. The molecule has 0 aliphatic heterocycles. The number of hydrogen-bond donors (Lipinski definition) is 1. The first kappa shape index (κ1) is 13.7. The second-order valence-electron chi connectivity index (χ2n) is 4.24. The first-order chi connectivity index (χ1) is 9.15. The molecule has 0 spiro atoms. The van der Waals surface area contributed by atoms with Gasteiger partial charge in [-0.1, -0.05) is 0 Å². The van der Waals surface area contributed by atoms with Gasteiger partial charge < -0.3 is 15.0 Å². The zero-order chi connectivity index (χ0) is 13.8. The van der Waals surface area contributed by atoms with Crippen LogP contribution >= 0.6 is 11.6 Å². The number of carbonyl (C=O) groups excluding carboxylic acids is 1. The SMILES string of the molecule is COc1ccc2nc(CCl)n(CCCC(N)=O)c2c1. The molecule has 0 bridgehead atoms. The predicted molar refractivity (Wildman–Crippen MR) is 74.3 cm³/mol. The van der Waals surface area contributed by atoms with Crippen LogP contribution in [-0.2, 0) is 17.2 Å². The average molecular weight is 282 g/mol. The molecular weight excluding hydrogens is 266 g/mol. The van der Waals surface area contributed by atoms with Crippen LogP contribution in [0.4, 0.5) is 0 Å². The summed E-state index contributed by atoms with van der Waals surface area (Å²) in [6, 6.07) is 5.68. The Labute approximate surface area is 116 Å². The summed E-state index contributed by atoms with van der Waals surface area (Å²) in [5, 5.41) is 0. The van der Waals surface area contributed by atoms with E-state index in [9.17, 15) is 4.79 Å². The molecule has 2 aromatic rings. The first-order valence-electron chi connectivity index (χ1n) is 6.03. The number of nitrogens with two attached hydrogens (primary N) is 1. The van der Waals surface area contributed by atoms with E-state index in [0.29, 0.717) is 25.3 Å². The van der Waals surface area contributed by atoms with Gasteiger partial charge in [-0.05, 0) is 18.6 Å². The molecule has 0 fully saturated rings. The van der Waals surface area contributed by atoms with Gasteiger partial charge in [0.1, 0.15) is 11.6 Å². The van der Waals surface area contributed by atoms with Gasteiger partial charge in [0.25, 0.3) is 0 Å². The molecule has 6 heteroatoms. The molecule has 1 aromatic carbocycles. The molecule has 1 aromatic heterocycles. The Morgan fingerprint density at radius 1 is 1.53 bits per heavy atom. The predicted octanol–water partition coefficient (Wildman–Crippen LogP) is 2.05. The number of amides is 1. The van der Waals surface area contributed by atoms with Crippen LogP contribution in [0.2, 0.25) is 0 Å². The van der Waals surface area contributed by atoms with Gasteiger partial charge in [-0.25, -0.2) is 4.98 Å². The van der Waals surface area contributed by atoms with Crippen LogP contribution < -0.4 is 10.5 Å². The van der Waals surface area contributed by atoms with Crippen LogP contribution in [0.1, 0.15) is 18.7 Å². The van der Waals surface area contributed by atoms with Gasteiger partial charge in [-0.3, -0.25) is 4.79 Å². The van der Waals surface area contributed by atoms with Crippen molar-refractivity contribution in [3.8, 4) is 5.75 Å². The fraction of sp³-hybridized carbons (Fsp3) is 0.385. The summed E-state index contributed by atoms with van der Waals surface area (Å²) >= 11 is 5.91. The second kappa shape index (κ2) is 5.93. The Kier molecular flexibility index (Phi) is 4.27. The number of aromatic nitrogens is 2. The third-order valence-corrected chi connectivity index (χ3v) is 3.20. The fourth-order valence-corrected chi connectivity index (χ4v) is 2.25. The highest BCUT2D eigenvalue weighted by atomic mass is 35.5. The van der Waals surface area contributed by atoms with E-state index in [1.54, 1.807) is 7.11 Å². The van der Waals surface area contributed by atoms with Crippen LogP contribution in [0.3, 0.4) is 0 Å². The minimum atomic E-state index is -0.297. The summed E-state index contributed by atoms with van der Waals surface area (Å²) < 4.78 is 7.22. The number of primary amides is 1. The maximum Gasteiger partial charge on any atom is 0.217 e. The van der Waals surface area contributed by atoms with Crippen molar-refractivity contribution in [2.45, 2.75) is 25.3 Å². The number of fused-ring (bicyclic) bond motifs is 1. The highest BCUT2D eigenvalue weighted by molar-refractivity contribution is 6.16. The number of benzene rings is 1. The number of imidazole rings is 1. The number of methoxy groups -OCH3 is 1. The third-order valence-electron chi connectivity index (χ3n) is 2.96. The molecule has 1 heterocycles. The van der Waals surface area contributed by atoms with E-state index < -0.39 is 0 Å². The van der Waals surface area contributed by atoms with E-state index in [2.05, 4.69) is 4.98 Å². The zero-order valence-corrected chi connectivity index (χ0v) is 11.5. The monoisotopic (exact) mass is 281 g/mol. The zero-order valence-electron chi connectivity index (χ0n) is 10.7. The van der Waals surface area contributed by atoms with Crippen molar-refractivity contribution in [1.29, 1.82) is 0 Å². The fourth-order valence-electron chi connectivity index (χ4n) is 2.04. The lowest BCUT2D eigenvalue weighted by Gasteiger charge is -2.07. The number of aryl methyl sites for hydroxylation is 1. The highest BCUT2D eigenvalue weighted by Crippen LogP contribution is 2.23. The van der Waals surface area contributed by atoms with Crippen molar-refractivity contribution < 1.29 is 9.53 Å². The maximum atomic E-state index is 10.8. The van der Waals surface area contributed by atoms with Crippen LogP contribution in [-0.4, -0.2) is 22.6 Å². The molecule has 0 aliphatic carbocycles. The molecule has 2 rings (SSSR count). The molecule has 0 saturated heterocycles. The molecule has 5 nitrogen and oxygen atoms in total. The van der Waals surface area contributed by atoms with Crippen molar-refractivity contribution in [3.05, 3.63) is 24.0 Å². The molecule has 102 valence electrons. The third kappa shape index (κ3) is 2.98. The summed E-state index contributed by atoms with van der Waals surface area (Å²) in [6.45, 7) is 0.661. The van der Waals surface area contributed by atoms with E-state index in [4.69, 9.17) is 22.1 Å². The molecule has 0 radical (unpaired) electrons. The summed E-state index contributed by atoms with van der Waals surface area (Å²) in [5.41, 5.74) is 6.98. The Hall–Kier alpha value is -1.75. The van der Waals surface area contributed by atoms with Crippen molar-refractivity contribution in [2.24, 2.45) is 5.73 Å². The molecular formula is C13H16ClN3O2. The minimum Gasteiger partial charge on any atom is -0.497 e. The minimum absolute atomic E-state index is 0.297. The Morgan fingerprint density at radius 2 is 2.32 bits per heavy atom. The first-order valence-corrected chi connectivity index (χ1v) is 6.56. The van der Waals surface area contributed by atoms with Crippen LogP contribution in [0, 0.1) is 0 Å². The lowest BCUT2D eigenvalue weighted by atomic mass is 10.2.